The molecule has 0 fully saturated rings. The van der Waals surface area contributed by atoms with E-state index in [1.54, 1.807) is 0 Å². The molecule has 212 valence electrons. The van der Waals surface area contributed by atoms with Crippen molar-refractivity contribution in [3.05, 3.63) is 0 Å². The second-order valence-electron chi connectivity index (χ2n) is 10.7. The highest BCUT2D eigenvalue weighted by atomic mass is 31.3. The maximum atomic E-state index is 12.6. The molecule has 0 saturated heterocycles. The van der Waals surface area contributed by atoms with Crippen molar-refractivity contribution in [2.24, 2.45) is 11.8 Å². The van der Waals surface area contributed by atoms with E-state index in [9.17, 15) is 9.13 Å². The first kappa shape index (κ1) is 35.3. The average molecular weight is 543 g/mol. The van der Waals surface area contributed by atoms with Crippen LogP contribution in [0.5, 0.6) is 0 Å². The van der Waals surface area contributed by atoms with Crippen LogP contribution in [0.3, 0.4) is 0 Å². The predicted octanol–water partition coefficient (Wildman–Crippen LogP) is 9.57. The van der Waals surface area contributed by atoms with E-state index < -0.39 is 15.6 Å². The first-order valence-electron chi connectivity index (χ1n) is 14.2. The molecule has 0 amide bonds. The van der Waals surface area contributed by atoms with Crippen LogP contribution in [0.25, 0.3) is 0 Å². The maximum absolute atomic E-state index is 12.6. The molecule has 0 radical (unpaired) electrons. The number of rotatable bonds is 26. The molecule has 7 nitrogen and oxygen atoms in total. The van der Waals surface area contributed by atoms with Crippen molar-refractivity contribution < 1.29 is 32.3 Å². The van der Waals surface area contributed by atoms with E-state index >= 15 is 0 Å². The van der Waals surface area contributed by atoms with Gasteiger partial charge in [0.25, 0.3) is 0 Å². The van der Waals surface area contributed by atoms with E-state index in [0.29, 0.717) is 12.8 Å². The SMILES string of the molecule is CC(C)CCCCCCCCCCOP(=O)(OCCCCCCCCCCC(C)C)OP(=O)(O)O. The van der Waals surface area contributed by atoms with Gasteiger partial charge >= 0.3 is 15.6 Å². The summed E-state index contributed by atoms with van der Waals surface area (Å²) in [4.78, 5) is 18.2. The Morgan fingerprint density at radius 3 is 1.09 bits per heavy atom. The molecule has 0 heterocycles. The van der Waals surface area contributed by atoms with Gasteiger partial charge in [0, 0.05) is 0 Å². The normalized spacial score (nSPS) is 12.8. The van der Waals surface area contributed by atoms with Crippen LogP contribution in [0.4, 0.5) is 0 Å². The van der Waals surface area contributed by atoms with Crippen LogP contribution < -0.4 is 0 Å². The second kappa shape index (κ2) is 22.3. The molecule has 0 aliphatic heterocycles. The van der Waals surface area contributed by atoms with Gasteiger partial charge in [0.05, 0.1) is 13.2 Å². The van der Waals surface area contributed by atoms with Crippen molar-refractivity contribution in [2.45, 2.75) is 143 Å². The Balaban J connectivity index is 3.88. The molecule has 0 spiro atoms. The van der Waals surface area contributed by atoms with E-state index in [-0.39, 0.29) is 13.2 Å². The highest BCUT2D eigenvalue weighted by molar-refractivity contribution is 7.61. The molecule has 2 N–H and O–H groups in total. The van der Waals surface area contributed by atoms with E-state index in [2.05, 4.69) is 32.0 Å². The van der Waals surface area contributed by atoms with Crippen molar-refractivity contribution >= 4 is 15.6 Å². The zero-order chi connectivity index (χ0) is 26.4. The Bertz CT molecular complexity index is 530. The fourth-order valence-corrected chi connectivity index (χ4v) is 6.20. The topological polar surface area (TPSA) is 102 Å². The molecule has 0 rings (SSSR count). The fourth-order valence-electron chi connectivity index (χ4n) is 4.00. The zero-order valence-corrected chi connectivity index (χ0v) is 24.9. The van der Waals surface area contributed by atoms with Gasteiger partial charge in [-0.3, -0.25) is 9.05 Å². The lowest BCUT2D eigenvalue weighted by Crippen LogP contribution is -2.02. The van der Waals surface area contributed by atoms with Crippen LogP contribution in [0.1, 0.15) is 143 Å². The van der Waals surface area contributed by atoms with Crippen LogP contribution in [0.15, 0.2) is 0 Å². The van der Waals surface area contributed by atoms with E-state index in [1.165, 1.54) is 64.2 Å². The highest BCUT2D eigenvalue weighted by Gasteiger charge is 2.35. The van der Waals surface area contributed by atoms with Gasteiger partial charge in [0.2, 0.25) is 0 Å². The molecule has 0 aromatic rings. The fraction of sp³-hybridized carbons (Fsp3) is 1.00. The molecular weight excluding hydrogens is 486 g/mol. The minimum atomic E-state index is -4.97. The minimum Gasteiger partial charge on any atom is -0.302 e. The van der Waals surface area contributed by atoms with Crippen LogP contribution in [-0.4, -0.2) is 23.0 Å². The Morgan fingerprint density at radius 1 is 0.514 bits per heavy atom. The van der Waals surface area contributed by atoms with Gasteiger partial charge in [-0.25, -0.2) is 9.13 Å². The summed E-state index contributed by atoms with van der Waals surface area (Å²) in [6.07, 6.45) is 20.4. The standard InChI is InChI=1S/C26H56O7P2/c1-25(2)21-17-13-9-5-7-11-15-19-23-31-35(30,33-34(27,28)29)32-24-20-16-12-8-6-10-14-18-22-26(3)4/h25-26H,5-24H2,1-4H3,(H2,27,28,29). The quantitative estimate of drug-likeness (QED) is 0.0828. The average Bonchev–Trinajstić information content (AvgIpc) is 2.74. The van der Waals surface area contributed by atoms with Crippen molar-refractivity contribution in [3.63, 3.8) is 0 Å². The van der Waals surface area contributed by atoms with Gasteiger partial charge in [-0.1, -0.05) is 130 Å². The summed E-state index contributed by atoms with van der Waals surface area (Å²) in [6, 6.07) is 0. The minimum absolute atomic E-state index is 0.0997. The number of unbranched alkanes of at least 4 members (excludes halogenated alkanes) is 14. The summed E-state index contributed by atoms with van der Waals surface area (Å²) in [5.74, 6) is 1.56. The number of phosphoric ester groups is 1. The maximum Gasteiger partial charge on any atom is 0.483 e. The third kappa shape index (κ3) is 27.1. The zero-order valence-electron chi connectivity index (χ0n) is 23.1. The van der Waals surface area contributed by atoms with E-state index in [0.717, 1.165) is 50.4 Å². The number of hydrogen-bond donors (Lipinski definition) is 2. The smallest absolute Gasteiger partial charge is 0.302 e. The summed E-state index contributed by atoms with van der Waals surface area (Å²) in [6.45, 7) is 9.24. The van der Waals surface area contributed by atoms with Crippen molar-refractivity contribution in [2.75, 3.05) is 13.2 Å². The lowest BCUT2D eigenvalue weighted by atomic mass is 10.0. The largest absolute Gasteiger partial charge is 0.483 e. The van der Waals surface area contributed by atoms with Gasteiger partial charge in [0.15, 0.2) is 0 Å². The Morgan fingerprint density at radius 2 is 0.800 bits per heavy atom. The molecule has 0 atom stereocenters. The van der Waals surface area contributed by atoms with Crippen LogP contribution in [0, 0.1) is 11.8 Å². The first-order chi connectivity index (χ1) is 16.5. The number of phosphoric acid groups is 2. The van der Waals surface area contributed by atoms with Gasteiger partial charge in [0.1, 0.15) is 0 Å². The summed E-state index contributed by atoms with van der Waals surface area (Å²) in [7, 11) is -9.24. The van der Waals surface area contributed by atoms with Crippen LogP contribution in [-0.2, 0) is 22.5 Å². The number of hydrogen-bond acceptors (Lipinski definition) is 5. The summed E-state index contributed by atoms with van der Waals surface area (Å²) < 4.78 is 38.7. The predicted molar refractivity (Wildman–Crippen MR) is 145 cm³/mol. The van der Waals surface area contributed by atoms with Gasteiger partial charge in [-0.15, -0.1) is 0 Å². The molecular formula is C26H56O7P2. The Labute approximate surface area is 216 Å². The monoisotopic (exact) mass is 542 g/mol. The van der Waals surface area contributed by atoms with Crippen LogP contribution >= 0.6 is 15.6 Å². The third-order valence-electron chi connectivity index (χ3n) is 6.06. The lowest BCUT2D eigenvalue weighted by molar-refractivity contribution is 0.136. The Hall–Kier alpha value is 0.260. The van der Waals surface area contributed by atoms with Gasteiger partial charge < -0.3 is 9.79 Å². The van der Waals surface area contributed by atoms with Crippen molar-refractivity contribution in [1.29, 1.82) is 0 Å². The molecule has 0 aromatic carbocycles. The Kier molecular flexibility index (Phi) is 22.4. The summed E-state index contributed by atoms with van der Waals surface area (Å²) >= 11 is 0. The van der Waals surface area contributed by atoms with E-state index in [1.807, 2.05) is 0 Å². The lowest BCUT2D eigenvalue weighted by Gasteiger charge is -2.18. The summed E-state index contributed by atoms with van der Waals surface area (Å²) in [5, 5.41) is 0. The molecule has 0 aromatic heterocycles. The molecule has 9 heteroatoms. The first-order valence-corrected chi connectivity index (χ1v) is 17.2. The third-order valence-corrected chi connectivity index (χ3v) is 8.71. The van der Waals surface area contributed by atoms with Gasteiger partial charge in [-0.2, -0.15) is 4.31 Å². The molecule has 0 unspecified atom stereocenters. The molecule has 35 heavy (non-hydrogen) atoms. The molecule has 0 aliphatic carbocycles. The summed E-state index contributed by atoms with van der Waals surface area (Å²) in [5.41, 5.74) is 0. The van der Waals surface area contributed by atoms with E-state index in [4.69, 9.17) is 18.8 Å². The molecule has 0 saturated carbocycles. The second-order valence-corrected chi connectivity index (χ2v) is 13.8. The highest BCUT2D eigenvalue weighted by Crippen LogP contribution is 2.61. The van der Waals surface area contributed by atoms with Crippen LogP contribution in [0.2, 0.25) is 0 Å². The molecule has 0 aliphatic rings. The molecule has 0 bridgehead atoms. The van der Waals surface area contributed by atoms with Gasteiger partial charge in [-0.05, 0) is 24.7 Å². The van der Waals surface area contributed by atoms with Crippen molar-refractivity contribution in [1.82, 2.24) is 0 Å². The van der Waals surface area contributed by atoms with Crippen molar-refractivity contribution in [3.8, 4) is 0 Å².